The number of hydrogen-bond donors (Lipinski definition) is 1. The van der Waals surface area contributed by atoms with Crippen molar-refractivity contribution in [1.82, 2.24) is 0 Å². The molecule has 4 rings (SSSR count). The highest BCUT2D eigenvalue weighted by Gasteiger charge is 2.34. The van der Waals surface area contributed by atoms with Crippen LogP contribution in [0.4, 0.5) is 15.8 Å². The highest BCUT2D eigenvalue weighted by molar-refractivity contribution is 8.27. The molecule has 0 saturated carbocycles. The van der Waals surface area contributed by atoms with Crippen LogP contribution in [0.3, 0.4) is 0 Å². The van der Waals surface area contributed by atoms with Gasteiger partial charge in [-0.15, -0.1) is 0 Å². The number of anilines is 2. The first kappa shape index (κ1) is 24.3. The molecule has 1 N–H and O–H groups in total. The van der Waals surface area contributed by atoms with E-state index in [0.717, 1.165) is 22.2 Å². The number of para-hydroxylation sites is 1. The molecule has 1 aliphatic heterocycles. The second-order valence-corrected chi connectivity index (χ2v) is 9.26. The van der Waals surface area contributed by atoms with Crippen LogP contribution in [0.2, 0.25) is 0 Å². The van der Waals surface area contributed by atoms with Crippen molar-refractivity contribution < 1.29 is 23.5 Å². The number of aryl methyl sites for hydroxylation is 1. The molecule has 0 unspecified atom stereocenters. The number of carbonyl (C=O) groups excluding carboxylic acids is 3. The maximum Gasteiger partial charge on any atom is 0.338 e. The first-order chi connectivity index (χ1) is 16.8. The van der Waals surface area contributed by atoms with E-state index in [2.05, 4.69) is 5.32 Å². The molecule has 6 nitrogen and oxygen atoms in total. The summed E-state index contributed by atoms with van der Waals surface area (Å²) in [6.45, 7) is 1.52. The van der Waals surface area contributed by atoms with E-state index >= 15 is 0 Å². The number of benzene rings is 3. The minimum atomic E-state index is -0.651. The Morgan fingerprint density at radius 1 is 1.06 bits per heavy atom. The van der Waals surface area contributed by atoms with E-state index in [9.17, 15) is 18.8 Å². The van der Waals surface area contributed by atoms with Crippen LogP contribution in [0.15, 0.2) is 77.7 Å². The maximum atomic E-state index is 14.1. The predicted octanol–water partition coefficient (Wildman–Crippen LogP) is 5.34. The van der Waals surface area contributed by atoms with Gasteiger partial charge in [0.1, 0.15) is 5.82 Å². The van der Waals surface area contributed by atoms with Crippen LogP contribution in [0.1, 0.15) is 21.5 Å². The van der Waals surface area contributed by atoms with Gasteiger partial charge < -0.3 is 10.1 Å². The maximum absolute atomic E-state index is 14.1. The van der Waals surface area contributed by atoms with E-state index in [1.165, 1.54) is 30.3 Å². The molecule has 3 aromatic rings. The molecule has 176 valence electrons. The Bertz CT molecular complexity index is 1340. The normalized spacial score (nSPS) is 14.3. The Morgan fingerprint density at radius 2 is 1.74 bits per heavy atom. The van der Waals surface area contributed by atoms with Crippen molar-refractivity contribution in [3.63, 3.8) is 0 Å². The first-order valence-corrected chi connectivity index (χ1v) is 11.7. The highest BCUT2D eigenvalue weighted by Crippen LogP contribution is 2.36. The van der Waals surface area contributed by atoms with Crippen molar-refractivity contribution in [2.24, 2.45) is 0 Å². The van der Waals surface area contributed by atoms with Crippen LogP contribution in [-0.2, 0) is 14.3 Å². The lowest BCUT2D eigenvalue weighted by atomic mass is 10.1. The summed E-state index contributed by atoms with van der Waals surface area (Å²) in [5, 5.41) is 2.66. The van der Waals surface area contributed by atoms with Gasteiger partial charge in [-0.3, -0.25) is 14.5 Å². The van der Waals surface area contributed by atoms with E-state index in [4.69, 9.17) is 17.0 Å². The molecule has 9 heteroatoms. The number of ether oxygens (including phenoxy) is 1. The monoisotopic (exact) mass is 506 g/mol. The fraction of sp³-hybridized carbons (Fsp3) is 0.0769. The SMILES string of the molecule is Cc1ccc(NC(=O)COC(=O)c2ccc(/C=C3/SC(=S)N(c4ccccc4F)C3=O)cc2)cc1. The van der Waals surface area contributed by atoms with Crippen LogP contribution >= 0.6 is 24.0 Å². The summed E-state index contributed by atoms with van der Waals surface area (Å²) < 4.78 is 19.5. The number of rotatable bonds is 6. The molecule has 0 bridgehead atoms. The van der Waals surface area contributed by atoms with E-state index < -0.39 is 30.2 Å². The van der Waals surface area contributed by atoms with Gasteiger partial charge in [0.2, 0.25) is 0 Å². The third-order valence-electron chi connectivity index (χ3n) is 5.00. The third kappa shape index (κ3) is 5.82. The fourth-order valence-corrected chi connectivity index (χ4v) is 4.51. The minimum Gasteiger partial charge on any atom is -0.452 e. The van der Waals surface area contributed by atoms with E-state index in [0.29, 0.717) is 16.2 Å². The van der Waals surface area contributed by atoms with Crippen molar-refractivity contribution >= 4 is 63.5 Å². The third-order valence-corrected chi connectivity index (χ3v) is 6.30. The molecule has 35 heavy (non-hydrogen) atoms. The van der Waals surface area contributed by atoms with Crippen molar-refractivity contribution in [3.8, 4) is 0 Å². The van der Waals surface area contributed by atoms with Crippen molar-refractivity contribution in [1.29, 1.82) is 0 Å². The summed E-state index contributed by atoms with van der Waals surface area (Å²) in [7, 11) is 0. The largest absolute Gasteiger partial charge is 0.452 e. The van der Waals surface area contributed by atoms with E-state index in [1.807, 2.05) is 19.1 Å². The van der Waals surface area contributed by atoms with Crippen molar-refractivity contribution in [3.05, 3.63) is 100 Å². The van der Waals surface area contributed by atoms with Crippen LogP contribution in [0.25, 0.3) is 6.08 Å². The summed E-state index contributed by atoms with van der Waals surface area (Å²) >= 11 is 6.34. The second-order valence-electron chi connectivity index (χ2n) is 7.58. The molecule has 1 heterocycles. The average molecular weight is 507 g/mol. The first-order valence-electron chi connectivity index (χ1n) is 10.5. The van der Waals surface area contributed by atoms with Gasteiger partial charge >= 0.3 is 5.97 Å². The molecule has 0 aliphatic carbocycles. The standard InChI is InChI=1S/C26H19FN2O4S2/c1-16-6-12-19(13-7-16)28-23(30)15-33-25(32)18-10-8-17(9-11-18)14-22-24(31)29(26(34)35-22)21-5-3-2-4-20(21)27/h2-14H,15H2,1H3,(H,28,30)/b22-14+. The fourth-order valence-electron chi connectivity index (χ4n) is 3.22. The van der Waals surface area contributed by atoms with Crippen LogP contribution < -0.4 is 10.2 Å². The Kier molecular flexibility index (Phi) is 7.38. The number of carbonyl (C=O) groups is 3. The predicted molar refractivity (Wildman–Crippen MR) is 139 cm³/mol. The number of nitrogens with zero attached hydrogens (tertiary/aromatic N) is 1. The van der Waals surface area contributed by atoms with Gasteiger partial charge in [0.15, 0.2) is 10.9 Å². The van der Waals surface area contributed by atoms with Gasteiger partial charge in [-0.1, -0.05) is 65.9 Å². The van der Waals surface area contributed by atoms with Gasteiger partial charge in [0.05, 0.1) is 16.2 Å². The number of esters is 1. The summed E-state index contributed by atoms with van der Waals surface area (Å²) in [6.07, 6.45) is 1.62. The lowest BCUT2D eigenvalue weighted by molar-refractivity contribution is -0.119. The zero-order valence-electron chi connectivity index (χ0n) is 18.5. The number of amides is 2. The van der Waals surface area contributed by atoms with Gasteiger partial charge in [0.25, 0.3) is 11.8 Å². The smallest absolute Gasteiger partial charge is 0.338 e. The van der Waals surface area contributed by atoms with Gasteiger partial charge in [-0.2, -0.15) is 0 Å². The molecule has 0 atom stereocenters. The Hall–Kier alpha value is -3.82. The highest BCUT2D eigenvalue weighted by atomic mass is 32.2. The number of nitrogens with one attached hydrogen (secondary N) is 1. The molecule has 2 amide bonds. The number of thioether (sulfide) groups is 1. The summed E-state index contributed by atoms with van der Waals surface area (Å²) in [6, 6.07) is 19.5. The van der Waals surface area contributed by atoms with Crippen molar-refractivity contribution in [2.75, 3.05) is 16.8 Å². The van der Waals surface area contributed by atoms with E-state index in [1.54, 1.807) is 36.4 Å². The number of thiocarbonyl (C=S) groups is 1. The van der Waals surface area contributed by atoms with Crippen LogP contribution in [0, 0.1) is 12.7 Å². The molecule has 0 radical (unpaired) electrons. The van der Waals surface area contributed by atoms with Gasteiger partial charge in [-0.05, 0) is 55.0 Å². The number of halogens is 1. The van der Waals surface area contributed by atoms with Crippen molar-refractivity contribution in [2.45, 2.75) is 6.92 Å². The molecular formula is C26H19FN2O4S2. The zero-order valence-corrected chi connectivity index (χ0v) is 20.1. The Morgan fingerprint density at radius 3 is 2.43 bits per heavy atom. The topological polar surface area (TPSA) is 75.7 Å². The quantitative estimate of drug-likeness (QED) is 0.277. The molecule has 1 aliphatic rings. The van der Waals surface area contributed by atoms with Crippen LogP contribution in [-0.4, -0.2) is 28.7 Å². The molecular weight excluding hydrogens is 487 g/mol. The minimum absolute atomic E-state index is 0.0999. The molecule has 1 fully saturated rings. The molecule has 3 aromatic carbocycles. The van der Waals surface area contributed by atoms with E-state index in [-0.39, 0.29) is 15.6 Å². The van der Waals surface area contributed by atoms with Gasteiger partial charge in [-0.25, -0.2) is 9.18 Å². The summed E-state index contributed by atoms with van der Waals surface area (Å²) in [4.78, 5) is 38.6. The number of hydrogen-bond acceptors (Lipinski definition) is 6. The Balaban J connectivity index is 1.37. The average Bonchev–Trinajstić information content (AvgIpc) is 3.12. The molecule has 0 aromatic heterocycles. The lowest BCUT2D eigenvalue weighted by Crippen LogP contribution is -2.28. The zero-order chi connectivity index (χ0) is 24.9. The molecule has 0 spiro atoms. The van der Waals surface area contributed by atoms with Gasteiger partial charge in [0, 0.05) is 5.69 Å². The summed E-state index contributed by atoms with van der Waals surface area (Å²) in [5.41, 5.74) is 2.68. The Labute approximate surface area is 210 Å². The van der Waals surface area contributed by atoms with Crippen LogP contribution in [0.5, 0.6) is 0 Å². The summed E-state index contributed by atoms with van der Waals surface area (Å²) in [5.74, 6) is -2.06. The second kappa shape index (κ2) is 10.6. The lowest BCUT2D eigenvalue weighted by Gasteiger charge is -2.14. The molecule has 1 saturated heterocycles.